The van der Waals surface area contributed by atoms with Crippen molar-refractivity contribution in [2.75, 3.05) is 17.2 Å². The number of hydrogen-bond acceptors (Lipinski definition) is 2. The lowest BCUT2D eigenvalue weighted by molar-refractivity contribution is -0.114. The Morgan fingerprint density at radius 3 is 2.20 bits per heavy atom. The second kappa shape index (κ2) is 6.24. The molecule has 0 radical (unpaired) electrons. The van der Waals surface area contributed by atoms with Crippen LogP contribution in [0.4, 0.5) is 11.4 Å². The fourth-order valence-corrected chi connectivity index (χ4v) is 2.19. The summed E-state index contributed by atoms with van der Waals surface area (Å²) in [6, 6.07) is 14.0. The molecule has 0 aliphatic rings. The molecule has 2 aromatic carbocycles. The van der Waals surface area contributed by atoms with Gasteiger partial charge in [0.15, 0.2) is 0 Å². The summed E-state index contributed by atoms with van der Waals surface area (Å²) in [5.74, 6) is -0.0449. The molecule has 0 aliphatic carbocycles. The molecular formula is C17H20N2O. The molecule has 2 rings (SSSR count). The highest BCUT2D eigenvalue weighted by atomic mass is 16.1. The second-order valence-electron chi connectivity index (χ2n) is 5.15. The van der Waals surface area contributed by atoms with Crippen molar-refractivity contribution in [2.24, 2.45) is 0 Å². The Morgan fingerprint density at radius 1 is 0.900 bits per heavy atom. The quantitative estimate of drug-likeness (QED) is 0.888. The molecule has 0 fully saturated rings. The lowest BCUT2D eigenvalue weighted by Gasteiger charge is -2.09. The fourth-order valence-electron chi connectivity index (χ4n) is 2.19. The Balaban J connectivity index is 1.92. The number of hydrogen-bond donors (Lipinski definition) is 2. The first kappa shape index (κ1) is 14.1. The average Bonchev–Trinajstić information content (AvgIpc) is 2.35. The average molecular weight is 268 g/mol. The molecule has 0 aliphatic heterocycles. The zero-order valence-corrected chi connectivity index (χ0v) is 12.2. The fraction of sp³-hybridized carbons (Fsp3) is 0.235. The third-order valence-electron chi connectivity index (χ3n) is 2.98. The van der Waals surface area contributed by atoms with Gasteiger partial charge in [0.25, 0.3) is 0 Å². The van der Waals surface area contributed by atoms with Gasteiger partial charge in [0, 0.05) is 11.4 Å². The molecule has 0 saturated carbocycles. The first-order chi connectivity index (χ1) is 9.52. The van der Waals surface area contributed by atoms with Crippen LogP contribution in [0.5, 0.6) is 0 Å². The molecule has 0 saturated heterocycles. The molecule has 20 heavy (non-hydrogen) atoms. The zero-order valence-electron chi connectivity index (χ0n) is 12.2. The van der Waals surface area contributed by atoms with Gasteiger partial charge in [-0.15, -0.1) is 0 Å². The van der Waals surface area contributed by atoms with Gasteiger partial charge in [-0.3, -0.25) is 4.79 Å². The molecule has 0 atom stereocenters. The number of aryl methyl sites for hydroxylation is 3. The van der Waals surface area contributed by atoms with E-state index in [0.29, 0.717) is 0 Å². The van der Waals surface area contributed by atoms with Crippen LogP contribution in [0.1, 0.15) is 16.7 Å². The minimum Gasteiger partial charge on any atom is -0.376 e. The van der Waals surface area contributed by atoms with Crippen molar-refractivity contribution >= 4 is 17.3 Å². The largest absolute Gasteiger partial charge is 0.376 e. The maximum atomic E-state index is 11.9. The molecule has 0 spiro atoms. The summed E-state index contributed by atoms with van der Waals surface area (Å²) in [4.78, 5) is 11.9. The molecular weight excluding hydrogens is 248 g/mol. The summed E-state index contributed by atoms with van der Waals surface area (Å²) in [6.45, 7) is 6.33. The van der Waals surface area contributed by atoms with Gasteiger partial charge in [-0.2, -0.15) is 0 Å². The predicted molar refractivity (Wildman–Crippen MR) is 84.2 cm³/mol. The molecule has 2 N–H and O–H groups in total. The van der Waals surface area contributed by atoms with Crippen LogP contribution >= 0.6 is 0 Å². The van der Waals surface area contributed by atoms with Crippen molar-refractivity contribution < 1.29 is 4.79 Å². The third kappa shape index (κ3) is 4.12. The Morgan fingerprint density at radius 2 is 1.55 bits per heavy atom. The highest BCUT2D eigenvalue weighted by molar-refractivity contribution is 5.93. The van der Waals surface area contributed by atoms with Gasteiger partial charge in [0.2, 0.25) is 5.91 Å². The van der Waals surface area contributed by atoms with E-state index in [1.165, 1.54) is 5.56 Å². The van der Waals surface area contributed by atoms with E-state index < -0.39 is 0 Å². The van der Waals surface area contributed by atoms with Crippen LogP contribution in [0, 0.1) is 20.8 Å². The molecule has 0 unspecified atom stereocenters. The van der Waals surface area contributed by atoms with E-state index in [1.807, 2.05) is 57.2 Å². The van der Waals surface area contributed by atoms with Crippen LogP contribution in [-0.4, -0.2) is 12.5 Å². The summed E-state index contributed by atoms with van der Waals surface area (Å²) < 4.78 is 0. The van der Waals surface area contributed by atoms with Crippen LogP contribution in [0.15, 0.2) is 42.5 Å². The Hall–Kier alpha value is -2.29. The maximum absolute atomic E-state index is 11.9. The number of nitrogens with one attached hydrogen (secondary N) is 2. The smallest absolute Gasteiger partial charge is 0.243 e. The number of benzene rings is 2. The van der Waals surface area contributed by atoms with Gasteiger partial charge in [0.1, 0.15) is 0 Å². The zero-order chi connectivity index (χ0) is 14.5. The summed E-state index contributed by atoms with van der Waals surface area (Å²) >= 11 is 0. The van der Waals surface area contributed by atoms with E-state index in [0.717, 1.165) is 22.5 Å². The van der Waals surface area contributed by atoms with Gasteiger partial charge >= 0.3 is 0 Å². The van der Waals surface area contributed by atoms with Gasteiger partial charge < -0.3 is 10.6 Å². The van der Waals surface area contributed by atoms with Crippen LogP contribution in [0.25, 0.3) is 0 Å². The first-order valence-electron chi connectivity index (χ1n) is 6.71. The van der Waals surface area contributed by atoms with Crippen LogP contribution in [0.2, 0.25) is 0 Å². The number of carbonyl (C=O) groups excluding carboxylic acids is 1. The van der Waals surface area contributed by atoms with Crippen LogP contribution < -0.4 is 10.6 Å². The SMILES string of the molecule is Cc1cccc(NCC(=O)Nc2cc(C)cc(C)c2)c1. The van der Waals surface area contributed by atoms with Crippen LogP contribution in [-0.2, 0) is 4.79 Å². The highest BCUT2D eigenvalue weighted by Crippen LogP contribution is 2.14. The first-order valence-corrected chi connectivity index (χ1v) is 6.71. The van der Waals surface area contributed by atoms with Crippen molar-refractivity contribution in [1.82, 2.24) is 0 Å². The predicted octanol–water partition coefficient (Wildman–Crippen LogP) is 3.66. The standard InChI is InChI=1S/C17H20N2O/c1-12-5-4-6-15(8-12)18-11-17(20)19-16-9-13(2)7-14(3)10-16/h4-10,18H,11H2,1-3H3,(H,19,20). The Bertz CT molecular complexity index is 600. The van der Waals surface area contributed by atoms with Crippen molar-refractivity contribution in [3.05, 3.63) is 59.2 Å². The van der Waals surface area contributed by atoms with Gasteiger partial charge in [-0.05, 0) is 61.7 Å². The van der Waals surface area contributed by atoms with Crippen molar-refractivity contribution in [3.8, 4) is 0 Å². The Labute approximate surface area is 120 Å². The lowest BCUT2D eigenvalue weighted by Crippen LogP contribution is -2.21. The number of rotatable bonds is 4. The maximum Gasteiger partial charge on any atom is 0.243 e. The van der Waals surface area contributed by atoms with Gasteiger partial charge in [-0.25, -0.2) is 0 Å². The van der Waals surface area contributed by atoms with Gasteiger partial charge in [-0.1, -0.05) is 18.2 Å². The van der Waals surface area contributed by atoms with Crippen LogP contribution in [0.3, 0.4) is 0 Å². The van der Waals surface area contributed by atoms with E-state index in [4.69, 9.17) is 0 Å². The molecule has 104 valence electrons. The normalized spacial score (nSPS) is 10.2. The van der Waals surface area contributed by atoms with E-state index in [-0.39, 0.29) is 12.5 Å². The summed E-state index contributed by atoms with van der Waals surface area (Å²) in [5.41, 5.74) is 5.27. The summed E-state index contributed by atoms with van der Waals surface area (Å²) in [7, 11) is 0. The van der Waals surface area contributed by atoms with E-state index >= 15 is 0 Å². The molecule has 1 amide bonds. The third-order valence-corrected chi connectivity index (χ3v) is 2.98. The van der Waals surface area contributed by atoms with E-state index in [1.54, 1.807) is 0 Å². The van der Waals surface area contributed by atoms with Crippen molar-refractivity contribution in [3.63, 3.8) is 0 Å². The molecule has 0 aromatic heterocycles. The van der Waals surface area contributed by atoms with E-state index in [9.17, 15) is 4.79 Å². The number of anilines is 2. The second-order valence-corrected chi connectivity index (χ2v) is 5.15. The molecule has 0 heterocycles. The van der Waals surface area contributed by atoms with E-state index in [2.05, 4.69) is 16.7 Å². The molecule has 2 aromatic rings. The number of carbonyl (C=O) groups is 1. The molecule has 0 bridgehead atoms. The van der Waals surface area contributed by atoms with Gasteiger partial charge in [0.05, 0.1) is 6.54 Å². The number of amides is 1. The highest BCUT2D eigenvalue weighted by Gasteiger charge is 2.03. The van der Waals surface area contributed by atoms with Crippen molar-refractivity contribution in [1.29, 1.82) is 0 Å². The lowest BCUT2D eigenvalue weighted by atomic mass is 10.1. The molecule has 3 nitrogen and oxygen atoms in total. The monoisotopic (exact) mass is 268 g/mol. The topological polar surface area (TPSA) is 41.1 Å². The summed E-state index contributed by atoms with van der Waals surface area (Å²) in [6.07, 6.45) is 0. The molecule has 3 heteroatoms. The minimum absolute atomic E-state index is 0.0449. The Kier molecular flexibility index (Phi) is 4.41. The minimum atomic E-state index is -0.0449. The summed E-state index contributed by atoms with van der Waals surface area (Å²) in [5, 5.41) is 6.03. The van der Waals surface area contributed by atoms with Crippen molar-refractivity contribution in [2.45, 2.75) is 20.8 Å².